The number of carboxylic acid groups (broad SMARTS) is 1. The number of alkyl halides is 6. The first kappa shape index (κ1) is 36.1. The number of aromatic nitrogens is 1. The van der Waals surface area contributed by atoms with Crippen molar-refractivity contribution in [3.63, 3.8) is 0 Å². The Morgan fingerprint density at radius 2 is 1.67 bits per heavy atom. The molecule has 256 valence electrons. The molecule has 1 aromatic heterocycles. The number of ether oxygens (including phenoxy) is 1. The number of pyridine rings is 1. The van der Waals surface area contributed by atoms with E-state index in [1.54, 1.807) is 31.0 Å². The Morgan fingerprint density at radius 3 is 2.28 bits per heavy atom. The lowest BCUT2D eigenvalue weighted by Crippen LogP contribution is -2.35. The number of nitrogens with zero attached hydrogens (tertiary/aromatic N) is 3. The van der Waals surface area contributed by atoms with Gasteiger partial charge in [-0.05, 0) is 144 Å². The van der Waals surface area contributed by atoms with Crippen LogP contribution in [0.15, 0.2) is 30.5 Å². The highest BCUT2D eigenvalue weighted by atomic mass is 19.4. The third-order valence-electron chi connectivity index (χ3n) is 9.66. The summed E-state index contributed by atoms with van der Waals surface area (Å²) in [6.45, 7) is 6.60. The molecule has 1 aliphatic carbocycles. The summed E-state index contributed by atoms with van der Waals surface area (Å²) in [5.41, 5.74) is 2.62. The Balaban J connectivity index is 1.55. The van der Waals surface area contributed by atoms with Crippen LogP contribution in [0.5, 0.6) is 0 Å². The number of hydrogen-bond acceptors (Lipinski definition) is 5. The number of carboxylic acids is 1. The number of aliphatic carboxylic acids is 1. The van der Waals surface area contributed by atoms with Crippen LogP contribution < -0.4 is 0 Å². The molecule has 2 aliphatic rings. The Hall–Kier alpha value is -2.70. The summed E-state index contributed by atoms with van der Waals surface area (Å²) in [6, 6.07) is 5.55. The van der Waals surface area contributed by atoms with Gasteiger partial charge in [0.1, 0.15) is 11.7 Å². The van der Waals surface area contributed by atoms with Gasteiger partial charge >= 0.3 is 18.5 Å². The summed E-state index contributed by atoms with van der Waals surface area (Å²) < 4.78 is 83.6. The Morgan fingerprint density at radius 1 is 1.00 bits per heavy atom. The highest BCUT2D eigenvalue weighted by Gasteiger charge is 2.38. The van der Waals surface area contributed by atoms with E-state index < -0.39 is 36.3 Å². The van der Waals surface area contributed by atoms with Crippen molar-refractivity contribution in [3.05, 3.63) is 64.0 Å². The Labute approximate surface area is 267 Å². The number of piperidine rings is 1. The average Bonchev–Trinajstić information content (AvgIpc) is 2.97. The second-order valence-electron chi connectivity index (χ2n) is 12.9. The molecule has 2 heterocycles. The lowest BCUT2D eigenvalue weighted by atomic mass is 9.77. The van der Waals surface area contributed by atoms with Crippen molar-refractivity contribution < 1.29 is 41.0 Å². The fourth-order valence-corrected chi connectivity index (χ4v) is 7.32. The Bertz CT molecular complexity index is 1300. The van der Waals surface area contributed by atoms with Crippen LogP contribution in [0.2, 0.25) is 0 Å². The minimum Gasteiger partial charge on any atom is -0.480 e. The first-order chi connectivity index (χ1) is 21.6. The van der Waals surface area contributed by atoms with Gasteiger partial charge in [-0.2, -0.15) is 13.2 Å². The summed E-state index contributed by atoms with van der Waals surface area (Å²) in [7, 11) is 1.71. The molecule has 1 aromatic carbocycles. The summed E-state index contributed by atoms with van der Waals surface area (Å²) in [6.07, 6.45) is -3.18. The van der Waals surface area contributed by atoms with Gasteiger partial charge in [-0.1, -0.05) is 24.6 Å². The molecule has 4 rings (SSSR count). The smallest absolute Gasteiger partial charge is 0.480 e. The third-order valence-corrected chi connectivity index (χ3v) is 9.66. The van der Waals surface area contributed by atoms with E-state index in [9.17, 15) is 36.2 Å². The summed E-state index contributed by atoms with van der Waals surface area (Å²) in [5, 5.41) is 10.5. The van der Waals surface area contributed by atoms with Gasteiger partial charge < -0.3 is 10.0 Å². The summed E-state index contributed by atoms with van der Waals surface area (Å²) >= 11 is 0. The highest BCUT2D eigenvalue weighted by Crippen LogP contribution is 2.41. The Kier molecular flexibility index (Phi) is 12.2. The number of likely N-dealkylation sites (N-methyl/N-ethyl adjacent to an activating group) is 1. The monoisotopic (exact) mass is 657 g/mol. The molecular formula is C34H45F6N3O3. The molecule has 1 aliphatic heterocycles. The van der Waals surface area contributed by atoms with Gasteiger partial charge in [-0.25, -0.2) is 0 Å². The fraction of sp³-hybridized carbons (Fsp3) is 0.647. The SMILES string of the molecule is Cc1cnc(C(F)(F)F)cc1[C@@H](CCN1CCCCC1)CCN(C)[C@H](C(=O)O)c1cccc(C)c1C1CCC(OC(F)(F)F)CC1. The van der Waals surface area contributed by atoms with Gasteiger partial charge in [-0.15, -0.1) is 13.2 Å². The molecule has 1 N–H and O–H groups in total. The first-order valence-corrected chi connectivity index (χ1v) is 16.2. The van der Waals surface area contributed by atoms with Crippen LogP contribution in [-0.2, 0) is 15.7 Å². The molecule has 0 unspecified atom stereocenters. The van der Waals surface area contributed by atoms with Crippen LogP contribution in [0.4, 0.5) is 26.3 Å². The lowest BCUT2D eigenvalue weighted by Gasteiger charge is -2.34. The number of carbonyl (C=O) groups is 1. The standard InChI is InChI=1S/C34H45F6N3O3/c1-22-8-7-9-27(30(22)25-10-12-26(13-11-25)46-34(38,39)40)31(32(44)45)42(3)18-14-24(15-19-43-16-5-4-6-17-43)28-20-29(33(35,36)37)41-21-23(28)2/h7-9,20-21,24-26,31H,4-6,10-19H2,1-3H3,(H,44,45)/t24-,25?,26?,31+/m1/s1. The molecule has 6 nitrogen and oxygen atoms in total. The molecular weight excluding hydrogens is 612 g/mol. The zero-order valence-electron chi connectivity index (χ0n) is 26.8. The number of hydrogen-bond donors (Lipinski definition) is 1. The van der Waals surface area contributed by atoms with Crippen LogP contribution in [-0.4, -0.2) is 71.6 Å². The number of rotatable bonds is 12. The number of benzene rings is 1. The van der Waals surface area contributed by atoms with Crippen molar-refractivity contribution in [2.75, 3.05) is 33.2 Å². The van der Waals surface area contributed by atoms with Crippen LogP contribution in [0.3, 0.4) is 0 Å². The molecule has 2 fully saturated rings. The van der Waals surface area contributed by atoms with Gasteiger partial charge in [0.05, 0.1) is 6.10 Å². The average molecular weight is 658 g/mol. The van der Waals surface area contributed by atoms with Gasteiger partial charge in [0.2, 0.25) is 0 Å². The van der Waals surface area contributed by atoms with E-state index in [2.05, 4.69) is 14.6 Å². The largest absolute Gasteiger partial charge is 0.522 e. The van der Waals surface area contributed by atoms with Crippen LogP contribution >= 0.6 is 0 Å². The maximum atomic E-state index is 13.7. The second-order valence-corrected chi connectivity index (χ2v) is 12.9. The summed E-state index contributed by atoms with van der Waals surface area (Å²) in [4.78, 5) is 20.5. The third kappa shape index (κ3) is 9.67. The zero-order chi connectivity index (χ0) is 33.6. The second kappa shape index (κ2) is 15.5. The van der Waals surface area contributed by atoms with Crippen molar-refractivity contribution >= 4 is 5.97 Å². The summed E-state index contributed by atoms with van der Waals surface area (Å²) in [5.74, 6) is -1.42. The van der Waals surface area contributed by atoms with E-state index in [1.165, 1.54) is 12.6 Å². The van der Waals surface area contributed by atoms with E-state index >= 15 is 0 Å². The van der Waals surface area contributed by atoms with Crippen LogP contribution in [0.1, 0.15) is 109 Å². The van der Waals surface area contributed by atoms with E-state index in [1.807, 2.05) is 13.0 Å². The molecule has 2 aromatic rings. The van der Waals surface area contributed by atoms with Crippen molar-refractivity contribution in [3.8, 4) is 0 Å². The topological polar surface area (TPSA) is 65.9 Å². The molecule has 1 saturated heterocycles. The van der Waals surface area contributed by atoms with Gasteiger partial charge in [0, 0.05) is 6.20 Å². The zero-order valence-corrected chi connectivity index (χ0v) is 26.8. The lowest BCUT2D eigenvalue weighted by molar-refractivity contribution is -0.345. The maximum Gasteiger partial charge on any atom is 0.522 e. The highest BCUT2D eigenvalue weighted by molar-refractivity contribution is 5.76. The normalized spacial score (nSPS) is 21.3. The van der Waals surface area contributed by atoms with E-state index in [0.717, 1.165) is 49.7 Å². The molecule has 0 bridgehead atoms. The van der Waals surface area contributed by atoms with Crippen molar-refractivity contribution in [2.45, 2.75) is 108 Å². The maximum absolute atomic E-state index is 13.7. The molecule has 0 amide bonds. The van der Waals surface area contributed by atoms with Crippen molar-refractivity contribution in [1.29, 1.82) is 0 Å². The predicted octanol–water partition coefficient (Wildman–Crippen LogP) is 8.39. The van der Waals surface area contributed by atoms with Gasteiger partial charge in [-0.3, -0.25) is 19.4 Å². The predicted molar refractivity (Wildman–Crippen MR) is 163 cm³/mol. The van der Waals surface area contributed by atoms with Crippen molar-refractivity contribution in [2.24, 2.45) is 0 Å². The minimum atomic E-state index is -4.70. The van der Waals surface area contributed by atoms with E-state index in [0.29, 0.717) is 48.9 Å². The van der Waals surface area contributed by atoms with Crippen LogP contribution in [0.25, 0.3) is 0 Å². The molecule has 46 heavy (non-hydrogen) atoms. The van der Waals surface area contributed by atoms with E-state index in [4.69, 9.17) is 0 Å². The molecule has 12 heteroatoms. The quantitative estimate of drug-likeness (QED) is 0.232. The molecule has 0 radical (unpaired) electrons. The molecule has 1 saturated carbocycles. The van der Waals surface area contributed by atoms with Crippen LogP contribution in [0, 0.1) is 13.8 Å². The first-order valence-electron chi connectivity index (χ1n) is 16.2. The van der Waals surface area contributed by atoms with Gasteiger partial charge in [0.25, 0.3) is 0 Å². The number of likely N-dealkylation sites (tertiary alicyclic amines) is 1. The fourth-order valence-electron chi connectivity index (χ4n) is 7.32. The minimum absolute atomic E-state index is 0.114. The van der Waals surface area contributed by atoms with E-state index in [-0.39, 0.29) is 24.7 Å². The number of halogens is 6. The number of aryl methyl sites for hydroxylation is 2. The van der Waals surface area contributed by atoms with Gasteiger partial charge in [0.15, 0.2) is 0 Å². The molecule has 2 atom stereocenters. The van der Waals surface area contributed by atoms with Crippen molar-refractivity contribution in [1.82, 2.24) is 14.8 Å². The molecule has 0 spiro atoms.